The average Bonchev–Trinajstić information content (AvgIpc) is 2.66. The van der Waals surface area contributed by atoms with Gasteiger partial charge in [-0.15, -0.1) is 0 Å². The van der Waals surface area contributed by atoms with Crippen molar-refractivity contribution in [2.45, 2.75) is 29.2 Å². The van der Waals surface area contributed by atoms with Gasteiger partial charge in [0.1, 0.15) is 13.3 Å². The molecule has 0 radical (unpaired) electrons. The highest BCUT2D eigenvalue weighted by atomic mass is 16.6. The second-order valence-corrected chi connectivity index (χ2v) is 5.72. The molecule has 1 fully saturated rings. The van der Waals surface area contributed by atoms with Crippen molar-refractivity contribution in [2.75, 3.05) is 66.6 Å². The summed E-state index contributed by atoms with van der Waals surface area (Å²) in [5, 5.41) is 9.76. The molecule has 0 atom stereocenters. The van der Waals surface area contributed by atoms with Gasteiger partial charge in [-0.05, 0) is 0 Å². The summed E-state index contributed by atoms with van der Waals surface area (Å²) in [7, 11) is 1.50. The summed E-state index contributed by atoms with van der Waals surface area (Å²) >= 11 is 0. The zero-order valence-electron chi connectivity index (χ0n) is 16.1. The molecule has 1 aliphatic rings. The first kappa shape index (κ1) is 32.9. The van der Waals surface area contributed by atoms with Crippen molar-refractivity contribution in [3.63, 3.8) is 0 Å². The average molecular weight is 453 g/mol. The zero-order chi connectivity index (χ0) is 20.8. The molecule has 0 spiro atoms. The maximum absolute atomic E-state index is 12.0. The predicted octanol–water partition coefficient (Wildman–Crippen LogP) is 0.329. The lowest BCUT2D eigenvalue weighted by Crippen LogP contribution is -2.53. The van der Waals surface area contributed by atoms with Crippen molar-refractivity contribution < 1.29 is 33.4 Å². The smallest absolute Gasteiger partial charge is 0.409 e. The van der Waals surface area contributed by atoms with Crippen LogP contribution < -0.4 is 21.3 Å². The highest BCUT2D eigenvalue weighted by molar-refractivity contribution is 5.75. The lowest BCUT2D eigenvalue weighted by atomic mass is 10.3. The van der Waals surface area contributed by atoms with Gasteiger partial charge in [0.2, 0.25) is 5.91 Å². The molecule has 0 bridgehead atoms. The van der Waals surface area contributed by atoms with Gasteiger partial charge in [0.05, 0.1) is 19.9 Å². The number of nitrogens with one attached hydrogen (secondary N) is 4. The second kappa shape index (κ2) is 19.2. The Morgan fingerprint density at radius 2 is 1.32 bits per heavy atom. The molecule has 184 valence electrons. The second-order valence-electron chi connectivity index (χ2n) is 5.72. The van der Waals surface area contributed by atoms with E-state index in [1.54, 1.807) is 4.90 Å². The number of urea groups is 1. The molecule has 31 heavy (non-hydrogen) atoms. The van der Waals surface area contributed by atoms with Gasteiger partial charge in [-0.3, -0.25) is 9.69 Å². The highest BCUT2D eigenvalue weighted by Gasteiger charge is 2.21. The number of carbonyl (C=O) groups is 4. The molecule has 1 saturated heterocycles. The van der Waals surface area contributed by atoms with E-state index in [2.05, 4.69) is 21.3 Å². The lowest BCUT2D eigenvalue weighted by Gasteiger charge is -2.34. The van der Waals surface area contributed by atoms with Crippen molar-refractivity contribution in [1.82, 2.24) is 31.1 Å². The molecule has 0 aromatic heterocycles. The highest BCUT2D eigenvalue weighted by Crippen LogP contribution is 2.02. The van der Waals surface area contributed by atoms with Crippen molar-refractivity contribution in [3.8, 4) is 0 Å². The first-order valence-corrected chi connectivity index (χ1v) is 8.72. The van der Waals surface area contributed by atoms with E-state index in [0.29, 0.717) is 32.8 Å². The number of rotatable bonds is 9. The third-order valence-electron chi connectivity index (χ3n) is 3.60. The molecule has 0 aromatic rings. The molecule has 0 aromatic carbocycles. The summed E-state index contributed by atoms with van der Waals surface area (Å²) < 4.78 is 14.6. The molecule has 0 unspecified atom stereocenters. The topological polar surface area (TPSA) is 151 Å². The fourth-order valence-corrected chi connectivity index (χ4v) is 2.09. The molecule has 13 nitrogen and oxygen atoms in total. The van der Waals surface area contributed by atoms with E-state index in [1.807, 2.05) is 4.90 Å². The SMILES string of the molecule is C.C.C.COCCOC(=O)NCNC(=O)N1CCN(COC(=O)NCNC(C)=O)CC1. The van der Waals surface area contributed by atoms with Crippen LogP contribution >= 0.6 is 0 Å². The van der Waals surface area contributed by atoms with Gasteiger partial charge in [0.15, 0.2) is 0 Å². The van der Waals surface area contributed by atoms with Crippen LogP contribution in [0, 0.1) is 0 Å². The first-order chi connectivity index (χ1) is 13.4. The number of nitrogens with zero attached hydrogens (tertiary/aromatic N) is 2. The Bertz CT molecular complexity index is 528. The molecule has 0 saturated carbocycles. The predicted molar refractivity (Wildman–Crippen MR) is 116 cm³/mol. The third kappa shape index (κ3) is 15.7. The molecule has 1 heterocycles. The van der Waals surface area contributed by atoms with E-state index in [-0.39, 0.29) is 60.9 Å². The Balaban J connectivity index is -0.00000261. The fraction of sp³-hybridized carbons (Fsp3) is 0.778. The van der Waals surface area contributed by atoms with Gasteiger partial charge < -0.3 is 40.4 Å². The van der Waals surface area contributed by atoms with Crippen LogP contribution in [0.2, 0.25) is 0 Å². The van der Waals surface area contributed by atoms with E-state index >= 15 is 0 Å². The molecule has 1 rings (SSSR count). The quantitative estimate of drug-likeness (QED) is 0.289. The molecular formula is C18H40N6O7. The van der Waals surface area contributed by atoms with Gasteiger partial charge in [0.25, 0.3) is 0 Å². The Labute approximate surface area is 185 Å². The number of piperazine rings is 1. The van der Waals surface area contributed by atoms with Crippen LogP contribution in [0.25, 0.3) is 0 Å². The summed E-state index contributed by atoms with van der Waals surface area (Å²) in [6.45, 7) is 3.73. The van der Waals surface area contributed by atoms with Crippen molar-refractivity contribution in [1.29, 1.82) is 0 Å². The maximum atomic E-state index is 12.0. The summed E-state index contributed by atoms with van der Waals surface area (Å²) in [6.07, 6.45) is -1.28. The van der Waals surface area contributed by atoms with E-state index in [1.165, 1.54) is 14.0 Å². The molecule has 4 N–H and O–H groups in total. The number of amides is 5. The fourth-order valence-electron chi connectivity index (χ4n) is 2.09. The van der Waals surface area contributed by atoms with Crippen LogP contribution in [0.5, 0.6) is 0 Å². The van der Waals surface area contributed by atoms with E-state index in [9.17, 15) is 19.2 Å². The largest absolute Gasteiger partial charge is 0.447 e. The zero-order valence-corrected chi connectivity index (χ0v) is 16.1. The Morgan fingerprint density at radius 1 is 0.774 bits per heavy atom. The van der Waals surface area contributed by atoms with Gasteiger partial charge in [-0.2, -0.15) is 0 Å². The first-order valence-electron chi connectivity index (χ1n) is 8.72. The van der Waals surface area contributed by atoms with E-state index < -0.39 is 12.2 Å². The molecule has 0 aliphatic carbocycles. The molecular weight excluding hydrogens is 412 g/mol. The summed E-state index contributed by atoms with van der Waals surface area (Å²) in [6, 6.07) is -0.314. The number of carbonyl (C=O) groups excluding carboxylic acids is 4. The molecule has 5 amide bonds. The van der Waals surface area contributed by atoms with Crippen LogP contribution in [-0.2, 0) is 19.0 Å². The van der Waals surface area contributed by atoms with Crippen molar-refractivity contribution >= 4 is 24.1 Å². The monoisotopic (exact) mass is 452 g/mol. The van der Waals surface area contributed by atoms with E-state index in [0.717, 1.165) is 0 Å². The van der Waals surface area contributed by atoms with Crippen LogP contribution in [0.3, 0.4) is 0 Å². The molecule has 1 aliphatic heterocycles. The van der Waals surface area contributed by atoms with Crippen molar-refractivity contribution in [2.24, 2.45) is 0 Å². The van der Waals surface area contributed by atoms with Gasteiger partial charge in [-0.1, -0.05) is 22.3 Å². The summed E-state index contributed by atoms with van der Waals surface area (Å²) in [5.41, 5.74) is 0. The van der Waals surface area contributed by atoms with E-state index in [4.69, 9.17) is 14.2 Å². The number of hydrogen-bond acceptors (Lipinski definition) is 8. The minimum atomic E-state index is -0.643. The number of alkyl carbamates (subject to hydrolysis) is 2. The van der Waals surface area contributed by atoms with Crippen LogP contribution in [-0.4, -0.2) is 100 Å². The normalized spacial score (nSPS) is 12.6. The number of ether oxygens (including phenoxy) is 3. The van der Waals surface area contributed by atoms with Crippen LogP contribution in [0.1, 0.15) is 29.2 Å². The Kier molecular flexibility index (Phi) is 20.3. The molecule has 13 heteroatoms. The van der Waals surface area contributed by atoms with Crippen LogP contribution in [0.15, 0.2) is 0 Å². The third-order valence-corrected chi connectivity index (χ3v) is 3.60. The van der Waals surface area contributed by atoms with Gasteiger partial charge >= 0.3 is 18.2 Å². The summed E-state index contributed by atoms with van der Waals surface area (Å²) in [5.74, 6) is -0.257. The number of hydrogen-bond donors (Lipinski definition) is 4. The van der Waals surface area contributed by atoms with Crippen molar-refractivity contribution in [3.05, 3.63) is 0 Å². The maximum Gasteiger partial charge on any atom is 0.409 e. The minimum absolute atomic E-state index is 0. The van der Waals surface area contributed by atoms with Gasteiger partial charge in [0, 0.05) is 40.2 Å². The standard InChI is InChI=1S/C15H28N6O7.3CH4/c1-12(22)16-9-18-15(25)28-11-20-3-5-21(6-4-20)13(23)17-10-19-14(24)27-8-7-26-2;;;/h3-11H2,1-2H3,(H,16,22)(H,17,23)(H,18,25)(H,19,24);3*1H4. The van der Waals surface area contributed by atoms with Crippen LogP contribution in [0.4, 0.5) is 14.4 Å². The summed E-state index contributed by atoms with van der Waals surface area (Å²) in [4.78, 5) is 49.0. The lowest BCUT2D eigenvalue weighted by molar-refractivity contribution is -0.119. The number of methoxy groups -OCH3 is 1. The minimum Gasteiger partial charge on any atom is -0.447 e. The van der Waals surface area contributed by atoms with Gasteiger partial charge in [-0.25, -0.2) is 14.4 Å². The Hall–Kier alpha value is -2.80. The Morgan fingerprint density at radius 3 is 1.87 bits per heavy atom.